The summed E-state index contributed by atoms with van der Waals surface area (Å²) in [6.07, 6.45) is 0. The van der Waals surface area contributed by atoms with Gasteiger partial charge in [-0.1, -0.05) is 35.3 Å². The van der Waals surface area contributed by atoms with Crippen LogP contribution >= 0.6 is 23.2 Å². The lowest BCUT2D eigenvalue weighted by Crippen LogP contribution is -2.14. The Hall–Kier alpha value is -1.27. The van der Waals surface area contributed by atoms with Crippen molar-refractivity contribution < 1.29 is 8.42 Å². The van der Waals surface area contributed by atoms with E-state index in [1.54, 1.807) is 25.1 Å². The average molecular weight is 345 g/mol. The van der Waals surface area contributed by atoms with Crippen molar-refractivity contribution in [3.63, 3.8) is 0 Å². The Morgan fingerprint density at radius 2 is 1.86 bits per heavy atom. The van der Waals surface area contributed by atoms with Crippen LogP contribution in [0.2, 0.25) is 10.0 Å². The van der Waals surface area contributed by atoms with Gasteiger partial charge in [-0.05, 0) is 42.8 Å². The second-order valence-corrected chi connectivity index (χ2v) is 7.12. The molecule has 21 heavy (non-hydrogen) atoms. The van der Waals surface area contributed by atoms with Crippen molar-refractivity contribution in [1.29, 1.82) is 0 Å². The average Bonchev–Trinajstić information content (AvgIpc) is 2.43. The summed E-state index contributed by atoms with van der Waals surface area (Å²) in [4.78, 5) is 0.119. The summed E-state index contributed by atoms with van der Waals surface area (Å²) >= 11 is 11.8. The van der Waals surface area contributed by atoms with E-state index in [1.165, 1.54) is 24.3 Å². The first kappa shape index (κ1) is 16.1. The molecule has 2 rings (SSSR count). The van der Waals surface area contributed by atoms with Crippen LogP contribution < -0.4 is 10.5 Å². The van der Waals surface area contributed by atoms with Gasteiger partial charge in [0, 0.05) is 11.1 Å². The fourth-order valence-corrected chi connectivity index (χ4v) is 3.26. The fourth-order valence-electron chi connectivity index (χ4n) is 1.74. The van der Waals surface area contributed by atoms with Crippen LogP contribution in [0.15, 0.2) is 47.4 Å². The molecule has 2 aromatic carbocycles. The predicted molar refractivity (Wildman–Crippen MR) is 86.3 cm³/mol. The lowest BCUT2D eigenvalue weighted by molar-refractivity contribution is 0.601. The topological polar surface area (TPSA) is 72.2 Å². The molecule has 1 atom stereocenters. The highest BCUT2D eigenvalue weighted by atomic mass is 35.5. The molecule has 0 aliphatic carbocycles. The summed E-state index contributed by atoms with van der Waals surface area (Å²) in [5, 5.41) is 0.660. The molecule has 0 fully saturated rings. The van der Waals surface area contributed by atoms with Gasteiger partial charge in [0.25, 0.3) is 10.0 Å². The molecule has 3 N–H and O–H groups in total. The number of sulfonamides is 1. The van der Waals surface area contributed by atoms with Gasteiger partial charge < -0.3 is 5.73 Å². The molecule has 0 radical (unpaired) electrons. The van der Waals surface area contributed by atoms with Crippen molar-refractivity contribution in [1.82, 2.24) is 0 Å². The van der Waals surface area contributed by atoms with Gasteiger partial charge in [0.2, 0.25) is 0 Å². The zero-order valence-corrected chi connectivity index (χ0v) is 13.5. The molecular weight excluding hydrogens is 331 g/mol. The number of rotatable bonds is 4. The van der Waals surface area contributed by atoms with Crippen LogP contribution in [-0.4, -0.2) is 8.42 Å². The molecule has 112 valence electrons. The second-order valence-electron chi connectivity index (χ2n) is 4.59. The summed E-state index contributed by atoms with van der Waals surface area (Å²) < 4.78 is 27.2. The molecule has 0 saturated carbocycles. The first-order valence-corrected chi connectivity index (χ1v) is 8.37. The van der Waals surface area contributed by atoms with Crippen molar-refractivity contribution in [3.8, 4) is 0 Å². The number of hydrogen-bond acceptors (Lipinski definition) is 3. The third-order valence-electron chi connectivity index (χ3n) is 2.87. The molecule has 0 aliphatic heterocycles. The first-order valence-electron chi connectivity index (χ1n) is 6.13. The molecule has 0 saturated heterocycles. The Morgan fingerprint density at radius 1 is 1.14 bits per heavy atom. The zero-order chi connectivity index (χ0) is 15.6. The largest absolute Gasteiger partial charge is 0.324 e. The summed E-state index contributed by atoms with van der Waals surface area (Å²) in [5.74, 6) is 0. The van der Waals surface area contributed by atoms with E-state index in [2.05, 4.69) is 4.72 Å². The monoisotopic (exact) mass is 344 g/mol. The molecule has 0 amide bonds. The minimum absolute atomic E-state index is 0.119. The molecule has 0 spiro atoms. The molecule has 0 aliphatic rings. The van der Waals surface area contributed by atoms with Gasteiger partial charge in [0.15, 0.2) is 0 Å². The zero-order valence-electron chi connectivity index (χ0n) is 11.2. The maximum absolute atomic E-state index is 12.4. The SMILES string of the molecule is CC(N)c1cccc(S(=O)(=O)Nc2cc(Cl)ccc2Cl)c1. The molecule has 4 nitrogen and oxygen atoms in total. The number of nitrogens with one attached hydrogen (secondary N) is 1. The van der Waals surface area contributed by atoms with E-state index in [4.69, 9.17) is 28.9 Å². The Kier molecular flexibility index (Phi) is 4.78. The van der Waals surface area contributed by atoms with Crippen LogP contribution in [-0.2, 0) is 10.0 Å². The van der Waals surface area contributed by atoms with Crippen LogP contribution in [0.1, 0.15) is 18.5 Å². The third kappa shape index (κ3) is 3.89. The molecule has 1 unspecified atom stereocenters. The van der Waals surface area contributed by atoms with Gasteiger partial charge in [0.05, 0.1) is 15.6 Å². The van der Waals surface area contributed by atoms with Gasteiger partial charge in [-0.3, -0.25) is 4.72 Å². The van der Waals surface area contributed by atoms with E-state index in [9.17, 15) is 8.42 Å². The van der Waals surface area contributed by atoms with Crippen LogP contribution in [0.25, 0.3) is 0 Å². The maximum atomic E-state index is 12.4. The van der Waals surface area contributed by atoms with E-state index in [0.717, 1.165) is 5.56 Å². The van der Waals surface area contributed by atoms with Gasteiger partial charge in [-0.15, -0.1) is 0 Å². The summed E-state index contributed by atoms with van der Waals surface area (Å²) in [7, 11) is -3.76. The standard InChI is InChI=1S/C14H14Cl2N2O2S/c1-9(17)10-3-2-4-12(7-10)21(19,20)18-14-8-11(15)5-6-13(14)16/h2-9,18H,17H2,1H3. The predicted octanol–water partition coefficient (Wildman–Crippen LogP) is 3.81. The van der Waals surface area contributed by atoms with Crippen LogP contribution in [0.4, 0.5) is 5.69 Å². The number of nitrogens with two attached hydrogens (primary N) is 1. The minimum Gasteiger partial charge on any atom is -0.324 e. The normalized spacial score (nSPS) is 13.0. The molecule has 0 bridgehead atoms. The molecular formula is C14H14Cl2N2O2S. The lowest BCUT2D eigenvalue weighted by atomic mass is 10.1. The number of benzene rings is 2. The summed E-state index contributed by atoms with van der Waals surface area (Å²) in [6, 6.07) is 10.8. The fraction of sp³-hybridized carbons (Fsp3) is 0.143. The quantitative estimate of drug-likeness (QED) is 0.885. The van der Waals surface area contributed by atoms with Crippen LogP contribution in [0, 0.1) is 0 Å². The molecule has 0 heterocycles. The van der Waals surface area contributed by atoms with Crippen molar-refractivity contribution in [3.05, 3.63) is 58.1 Å². The van der Waals surface area contributed by atoms with E-state index in [-0.39, 0.29) is 21.6 Å². The number of anilines is 1. The Labute approximate surface area is 133 Å². The highest BCUT2D eigenvalue weighted by Gasteiger charge is 2.17. The van der Waals surface area contributed by atoms with Crippen molar-refractivity contribution in [2.75, 3.05) is 4.72 Å². The second kappa shape index (κ2) is 6.23. The molecule has 2 aromatic rings. The Bertz CT molecular complexity index is 761. The smallest absolute Gasteiger partial charge is 0.261 e. The third-order valence-corrected chi connectivity index (χ3v) is 4.79. The van der Waals surface area contributed by atoms with Crippen LogP contribution in [0.5, 0.6) is 0 Å². The maximum Gasteiger partial charge on any atom is 0.261 e. The summed E-state index contributed by atoms with van der Waals surface area (Å²) in [5.41, 5.74) is 6.73. The highest BCUT2D eigenvalue weighted by Crippen LogP contribution is 2.28. The van der Waals surface area contributed by atoms with E-state index in [0.29, 0.717) is 5.02 Å². The highest BCUT2D eigenvalue weighted by molar-refractivity contribution is 7.92. The number of halogens is 2. The molecule has 7 heteroatoms. The first-order chi connectivity index (χ1) is 9.79. The van der Waals surface area contributed by atoms with Crippen LogP contribution in [0.3, 0.4) is 0 Å². The Balaban J connectivity index is 2.38. The Morgan fingerprint density at radius 3 is 2.52 bits per heavy atom. The van der Waals surface area contributed by atoms with Gasteiger partial charge >= 0.3 is 0 Å². The van der Waals surface area contributed by atoms with E-state index in [1.807, 2.05) is 0 Å². The van der Waals surface area contributed by atoms with E-state index >= 15 is 0 Å². The minimum atomic E-state index is -3.76. The van der Waals surface area contributed by atoms with Gasteiger partial charge in [0.1, 0.15) is 0 Å². The summed E-state index contributed by atoms with van der Waals surface area (Å²) in [6.45, 7) is 1.78. The van der Waals surface area contributed by atoms with Gasteiger partial charge in [-0.2, -0.15) is 0 Å². The lowest BCUT2D eigenvalue weighted by Gasteiger charge is -2.12. The van der Waals surface area contributed by atoms with Crippen molar-refractivity contribution >= 4 is 38.9 Å². The van der Waals surface area contributed by atoms with E-state index < -0.39 is 10.0 Å². The van der Waals surface area contributed by atoms with Crippen molar-refractivity contribution in [2.24, 2.45) is 5.73 Å². The van der Waals surface area contributed by atoms with Crippen molar-refractivity contribution in [2.45, 2.75) is 17.9 Å². The number of hydrogen-bond donors (Lipinski definition) is 2. The van der Waals surface area contributed by atoms with Gasteiger partial charge in [-0.25, -0.2) is 8.42 Å². The molecule has 0 aromatic heterocycles.